The molecule has 3 N–H and O–H groups in total. The lowest BCUT2D eigenvalue weighted by Gasteiger charge is -2.31. The fourth-order valence-electron chi connectivity index (χ4n) is 6.19. The molecule has 4 rings (SSSR count). The number of hydrogen-bond acceptors (Lipinski definition) is 5. The highest BCUT2D eigenvalue weighted by Crippen LogP contribution is 2.50. The van der Waals surface area contributed by atoms with Crippen LogP contribution in [0.2, 0.25) is 0 Å². The largest absolute Gasteiger partial charge is 0.343 e. The Morgan fingerprint density at radius 2 is 1.65 bits per heavy atom. The van der Waals surface area contributed by atoms with Crippen molar-refractivity contribution in [2.45, 2.75) is 70.2 Å². The van der Waals surface area contributed by atoms with Gasteiger partial charge in [0.15, 0.2) is 0 Å². The molecule has 5 heteroatoms. The van der Waals surface area contributed by atoms with Crippen LogP contribution in [-0.2, 0) is 22.4 Å². The Hall–Kier alpha value is -1.82. The van der Waals surface area contributed by atoms with Crippen LogP contribution in [0, 0.1) is 29.6 Å². The third kappa shape index (κ3) is 5.16. The van der Waals surface area contributed by atoms with Crippen LogP contribution in [-0.4, -0.2) is 32.9 Å². The van der Waals surface area contributed by atoms with E-state index in [-0.39, 0.29) is 35.9 Å². The van der Waals surface area contributed by atoms with E-state index >= 15 is 0 Å². The number of hydrogen-bond donors (Lipinski definition) is 3. The van der Waals surface area contributed by atoms with Crippen molar-refractivity contribution in [2.75, 3.05) is 0 Å². The molecule has 3 aliphatic carbocycles. The number of aliphatic hydroxyl groups is 3. The van der Waals surface area contributed by atoms with Gasteiger partial charge in [0.05, 0.1) is 6.42 Å². The molecule has 2 saturated carbocycles. The predicted molar refractivity (Wildman–Crippen MR) is 117 cm³/mol. The Labute approximate surface area is 184 Å². The molecule has 1 aromatic rings. The summed E-state index contributed by atoms with van der Waals surface area (Å²) in [4.78, 5) is 26.8. The monoisotopic (exact) mass is 426 g/mol. The van der Waals surface area contributed by atoms with Crippen molar-refractivity contribution in [3.05, 3.63) is 47.5 Å². The van der Waals surface area contributed by atoms with Gasteiger partial charge < -0.3 is 15.3 Å². The normalized spacial score (nSPS) is 29.2. The fourth-order valence-corrected chi connectivity index (χ4v) is 6.19. The molecular formula is C26H34O5. The van der Waals surface area contributed by atoms with Gasteiger partial charge in [0.2, 0.25) is 0 Å². The third-order valence-electron chi connectivity index (χ3n) is 7.62. The van der Waals surface area contributed by atoms with Gasteiger partial charge in [0.25, 0.3) is 5.97 Å². The third-order valence-corrected chi connectivity index (χ3v) is 7.62. The molecule has 0 saturated heterocycles. The highest BCUT2D eigenvalue weighted by molar-refractivity contribution is 5.96. The summed E-state index contributed by atoms with van der Waals surface area (Å²) in [5.41, 5.74) is 1.60. The van der Waals surface area contributed by atoms with Crippen molar-refractivity contribution in [1.82, 2.24) is 0 Å². The molecule has 4 unspecified atom stereocenters. The number of carbonyl (C=O) groups excluding carboxylic acids is 2. The zero-order valence-corrected chi connectivity index (χ0v) is 18.1. The van der Waals surface area contributed by atoms with Crippen LogP contribution >= 0.6 is 0 Å². The Morgan fingerprint density at radius 3 is 2.32 bits per heavy atom. The topological polar surface area (TPSA) is 94.8 Å². The zero-order valence-electron chi connectivity index (χ0n) is 18.1. The number of allylic oxidation sites excluding steroid dienone is 2. The van der Waals surface area contributed by atoms with Crippen molar-refractivity contribution in [3.63, 3.8) is 0 Å². The van der Waals surface area contributed by atoms with Crippen LogP contribution in [0.4, 0.5) is 0 Å². The second-order valence-corrected chi connectivity index (χ2v) is 9.78. The Bertz CT molecular complexity index is 813. The first-order valence-electron chi connectivity index (χ1n) is 11.8. The summed E-state index contributed by atoms with van der Waals surface area (Å²) in [6.07, 6.45) is 12.6. The van der Waals surface area contributed by atoms with E-state index in [1.807, 2.05) is 12.1 Å². The Morgan fingerprint density at radius 1 is 0.968 bits per heavy atom. The molecule has 0 aromatic heterocycles. The van der Waals surface area contributed by atoms with Crippen LogP contribution in [0.1, 0.15) is 62.5 Å². The summed E-state index contributed by atoms with van der Waals surface area (Å²) in [7, 11) is 0. The Balaban J connectivity index is 1.45. The summed E-state index contributed by atoms with van der Waals surface area (Å²) in [6, 6.07) is 7.19. The summed E-state index contributed by atoms with van der Waals surface area (Å²) in [5, 5.41) is 27.4. The predicted octanol–water partition coefficient (Wildman–Crippen LogP) is 3.34. The minimum Gasteiger partial charge on any atom is -0.343 e. The van der Waals surface area contributed by atoms with Crippen molar-refractivity contribution >= 4 is 11.6 Å². The van der Waals surface area contributed by atoms with Gasteiger partial charge in [-0.15, -0.1) is 0 Å². The first kappa shape index (κ1) is 22.4. The molecule has 0 spiro atoms. The second-order valence-electron chi connectivity index (χ2n) is 9.78. The molecule has 0 radical (unpaired) electrons. The van der Waals surface area contributed by atoms with Crippen LogP contribution < -0.4 is 0 Å². The van der Waals surface area contributed by atoms with Gasteiger partial charge in [0, 0.05) is 24.2 Å². The molecule has 3 aliphatic rings. The van der Waals surface area contributed by atoms with Crippen LogP contribution in [0.5, 0.6) is 0 Å². The first-order chi connectivity index (χ1) is 14.8. The lowest BCUT2D eigenvalue weighted by molar-refractivity contribution is -0.309. The van der Waals surface area contributed by atoms with E-state index in [9.17, 15) is 9.59 Å². The van der Waals surface area contributed by atoms with Crippen LogP contribution in [0.3, 0.4) is 0 Å². The van der Waals surface area contributed by atoms with Gasteiger partial charge in [-0.25, -0.2) is 0 Å². The molecule has 0 bridgehead atoms. The highest BCUT2D eigenvalue weighted by Gasteiger charge is 2.53. The van der Waals surface area contributed by atoms with Gasteiger partial charge in [-0.2, -0.15) is 0 Å². The molecule has 168 valence electrons. The maximum absolute atomic E-state index is 13.4. The minimum absolute atomic E-state index is 0.0286. The van der Waals surface area contributed by atoms with E-state index < -0.39 is 5.97 Å². The lowest BCUT2D eigenvalue weighted by atomic mass is 9.71. The van der Waals surface area contributed by atoms with Gasteiger partial charge >= 0.3 is 0 Å². The summed E-state index contributed by atoms with van der Waals surface area (Å²) in [5.74, 6) is -1.95. The van der Waals surface area contributed by atoms with E-state index in [1.165, 1.54) is 19.3 Å². The SMILES string of the molecule is O=C1C2CCC=CC2C(C(=O)CCc2ccc(CC(O)(O)O)cc2)C1C1CCCCC1. The molecule has 1 aromatic carbocycles. The maximum Gasteiger partial charge on any atom is 0.279 e. The smallest absolute Gasteiger partial charge is 0.279 e. The number of Topliss-reactive ketones (excluding diaryl/α,β-unsaturated/α-hetero) is 2. The molecule has 0 amide bonds. The summed E-state index contributed by atoms with van der Waals surface area (Å²) >= 11 is 0. The average Bonchev–Trinajstić information content (AvgIpc) is 3.05. The van der Waals surface area contributed by atoms with Crippen molar-refractivity contribution in [1.29, 1.82) is 0 Å². The molecule has 0 aliphatic heterocycles. The van der Waals surface area contributed by atoms with Crippen LogP contribution in [0.25, 0.3) is 0 Å². The van der Waals surface area contributed by atoms with Crippen LogP contribution in [0.15, 0.2) is 36.4 Å². The highest BCUT2D eigenvalue weighted by atomic mass is 16.7. The Kier molecular flexibility index (Phi) is 6.75. The van der Waals surface area contributed by atoms with E-state index in [2.05, 4.69) is 12.2 Å². The number of rotatable bonds is 7. The van der Waals surface area contributed by atoms with Gasteiger partial charge in [0.1, 0.15) is 11.6 Å². The first-order valence-corrected chi connectivity index (χ1v) is 11.8. The fraction of sp³-hybridized carbons (Fsp3) is 0.615. The maximum atomic E-state index is 13.4. The van der Waals surface area contributed by atoms with Crippen molar-refractivity contribution < 1.29 is 24.9 Å². The summed E-state index contributed by atoms with van der Waals surface area (Å²) in [6.45, 7) is 0. The molecular weight excluding hydrogens is 392 g/mol. The minimum atomic E-state index is -2.72. The number of benzene rings is 1. The number of fused-ring (bicyclic) bond motifs is 1. The summed E-state index contributed by atoms with van der Waals surface area (Å²) < 4.78 is 0. The van der Waals surface area contributed by atoms with Gasteiger partial charge in [-0.1, -0.05) is 55.7 Å². The molecule has 4 atom stereocenters. The number of carbonyl (C=O) groups is 2. The van der Waals surface area contributed by atoms with Gasteiger partial charge in [-0.05, 0) is 55.1 Å². The second kappa shape index (κ2) is 9.35. The standard InChI is InChI=1S/C26H34O5/c27-22(15-14-17-10-12-18(13-11-17)16-26(29,30)31)24-20-8-4-5-9-21(20)25(28)23(24)19-6-2-1-3-7-19/h4,8,10-13,19-21,23-24,29-31H,1-3,5-7,9,14-16H2. The average molecular weight is 427 g/mol. The van der Waals surface area contributed by atoms with E-state index in [0.29, 0.717) is 30.1 Å². The lowest BCUT2D eigenvalue weighted by Crippen LogP contribution is -2.33. The van der Waals surface area contributed by atoms with Crippen molar-refractivity contribution in [3.8, 4) is 0 Å². The van der Waals surface area contributed by atoms with Gasteiger partial charge in [-0.3, -0.25) is 9.59 Å². The van der Waals surface area contributed by atoms with E-state index in [1.54, 1.807) is 12.1 Å². The van der Waals surface area contributed by atoms with Crippen molar-refractivity contribution in [2.24, 2.45) is 29.6 Å². The quantitative estimate of drug-likeness (QED) is 0.459. The van der Waals surface area contributed by atoms with E-state index in [0.717, 1.165) is 31.2 Å². The molecule has 5 nitrogen and oxygen atoms in total. The molecule has 31 heavy (non-hydrogen) atoms. The number of aryl methyl sites for hydroxylation is 1. The molecule has 2 fully saturated rings. The number of ketones is 2. The van der Waals surface area contributed by atoms with E-state index in [4.69, 9.17) is 15.3 Å². The molecule has 0 heterocycles. The zero-order chi connectivity index (χ0) is 22.0.